The summed E-state index contributed by atoms with van der Waals surface area (Å²) in [7, 11) is -2.57. The number of hydrogen-bond donors (Lipinski definition) is 0. The summed E-state index contributed by atoms with van der Waals surface area (Å²) in [6, 6.07) is 4.48. The lowest BCUT2D eigenvalue weighted by molar-refractivity contribution is 0.136. The highest BCUT2D eigenvalue weighted by atomic mass is 31.2. The Bertz CT molecular complexity index is 993. The average molecular weight is 489 g/mol. The number of hydrogen-bond acceptors (Lipinski definition) is 2. The van der Waals surface area contributed by atoms with E-state index < -0.39 is 8.69 Å². The van der Waals surface area contributed by atoms with Crippen LogP contribution in [0.2, 0.25) is 0 Å². The Labute approximate surface area is 209 Å². The molecule has 190 valence electrons. The largest absolute Gasteiger partial charge is 0.439 e. The van der Waals surface area contributed by atoms with Crippen LogP contribution < -0.4 is 4.52 Å². The van der Waals surface area contributed by atoms with E-state index in [1.807, 2.05) is 0 Å². The Balaban J connectivity index is 2.32. The monoisotopic (exact) mass is 488 g/mol. The van der Waals surface area contributed by atoms with Gasteiger partial charge in [-0.3, -0.25) is 4.52 Å². The van der Waals surface area contributed by atoms with E-state index in [1.165, 1.54) is 11.1 Å². The molecule has 0 radical (unpaired) electrons. The third-order valence-corrected chi connectivity index (χ3v) is 8.01. The van der Waals surface area contributed by atoms with E-state index in [-0.39, 0.29) is 39.6 Å². The van der Waals surface area contributed by atoms with E-state index in [9.17, 15) is 0 Å². The molecule has 1 aromatic carbocycles. The molecule has 2 nitrogen and oxygen atoms in total. The summed E-state index contributed by atoms with van der Waals surface area (Å²) in [6.07, 6.45) is 4.26. The predicted molar refractivity (Wildman–Crippen MR) is 144 cm³/mol. The molecule has 0 spiro atoms. The van der Waals surface area contributed by atoms with Gasteiger partial charge in [-0.2, -0.15) is 0 Å². The number of rotatable bonds is 0. The summed E-state index contributed by atoms with van der Waals surface area (Å²) in [4.78, 5) is 0. The van der Waals surface area contributed by atoms with E-state index in [4.69, 9.17) is 9.05 Å². The number of allylic oxidation sites excluding steroid dienone is 2. The summed E-state index contributed by atoms with van der Waals surface area (Å²) in [5, 5.41) is 0. The van der Waals surface area contributed by atoms with Gasteiger partial charge in [-0.15, -0.1) is 4.20 Å². The minimum Gasteiger partial charge on any atom is -0.423 e. The first-order valence-corrected chi connectivity index (χ1v) is 13.7. The quantitative estimate of drug-likeness (QED) is 0.338. The Morgan fingerprint density at radius 1 is 0.794 bits per heavy atom. The van der Waals surface area contributed by atoms with E-state index in [1.54, 1.807) is 0 Å². The zero-order valence-electron chi connectivity index (χ0n) is 23.7. The fourth-order valence-electron chi connectivity index (χ4n) is 4.91. The van der Waals surface area contributed by atoms with Crippen molar-refractivity contribution in [2.24, 2.45) is 16.7 Å². The highest BCUT2D eigenvalue weighted by Gasteiger charge is 2.44. The van der Waals surface area contributed by atoms with Gasteiger partial charge in [0.15, 0.2) is 0 Å². The molecule has 0 N–H and O–H groups in total. The van der Waals surface area contributed by atoms with Gasteiger partial charge in [-0.25, -0.2) is 0 Å². The fraction of sp³-hybridized carbons (Fsp3) is 0.667. The van der Waals surface area contributed by atoms with Gasteiger partial charge in [-0.05, 0) is 49.9 Å². The molecule has 0 saturated heterocycles. The maximum atomic E-state index is 15.6. The van der Waals surface area contributed by atoms with Gasteiger partial charge in [0.05, 0.1) is 6.10 Å². The molecule has 0 saturated carbocycles. The van der Waals surface area contributed by atoms with Crippen molar-refractivity contribution in [1.82, 2.24) is 0 Å². The second-order valence-corrected chi connectivity index (χ2v) is 15.2. The first-order valence-electron chi connectivity index (χ1n) is 12.6. The third-order valence-electron chi connectivity index (χ3n) is 7.29. The molecule has 4 atom stereocenters. The Morgan fingerprint density at radius 2 is 1.38 bits per heavy atom. The van der Waals surface area contributed by atoms with Crippen molar-refractivity contribution in [2.45, 2.75) is 113 Å². The van der Waals surface area contributed by atoms with Crippen molar-refractivity contribution < 1.29 is 13.2 Å². The zero-order chi connectivity index (χ0) is 26.0. The maximum Gasteiger partial charge on any atom is 0.439 e. The van der Waals surface area contributed by atoms with Gasteiger partial charge in [-0.1, -0.05) is 114 Å². The molecule has 0 bridgehead atoms. The molecule has 0 fully saturated rings. The van der Waals surface area contributed by atoms with Gasteiger partial charge in [0.2, 0.25) is 0 Å². The standard InChI is InChI=1S/C30H46FO2P/c1-18-21-14-19(27(2,3)4)16-23(29(8,9)10)25(21)32-34(31)33-26-22(18)15-20(28(5,6)7)17-24(26)30(11,12)13/h14-18,21,25H,1-13H3. The third kappa shape index (κ3) is 5.46. The normalized spacial score (nSPS) is 26.4. The van der Waals surface area contributed by atoms with Gasteiger partial charge >= 0.3 is 8.69 Å². The lowest BCUT2D eigenvalue weighted by atomic mass is 9.67. The van der Waals surface area contributed by atoms with E-state index in [0.29, 0.717) is 5.75 Å². The second kappa shape index (κ2) is 8.74. The van der Waals surface area contributed by atoms with E-state index >= 15 is 4.20 Å². The van der Waals surface area contributed by atoms with Crippen LogP contribution in [-0.2, 0) is 15.4 Å². The van der Waals surface area contributed by atoms with Gasteiger partial charge < -0.3 is 4.52 Å². The van der Waals surface area contributed by atoms with Crippen LogP contribution in [0.15, 0.2) is 35.4 Å². The van der Waals surface area contributed by atoms with Crippen LogP contribution in [0.5, 0.6) is 5.75 Å². The zero-order valence-corrected chi connectivity index (χ0v) is 24.6. The molecule has 1 heterocycles. The summed E-state index contributed by atoms with van der Waals surface area (Å²) in [6.45, 7) is 28.8. The Hall–Kier alpha value is -1.18. The highest BCUT2D eigenvalue weighted by Crippen LogP contribution is 2.57. The SMILES string of the molecule is CC1c2cc(C(C)(C)C)cc(C(C)(C)C)c2OP(F)OC2C(C(C)(C)C)=CC(C(C)(C)C)=CC21. The maximum absolute atomic E-state index is 15.6. The topological polar surface area (TPSA) is 18.5 Å². The van der Waals surface area contributed by atoms with Crippen LogP contribution in [0.1, 0.15) is 113 Å². The van der Waals surface area contributed by atoms with Crippen LogP contribution in [0.3, 0.4) is 0 Å². The molecule has 34 heavy (non-hydrogen) atoms. The lowest BCUT2D eigenvalue weighted by Crippen LogP contribution is -2.37. The minimum absolute atomic E-state index is 0.00678. The second-order valence-electron chi connectivity index (χ2n) is 14.4. The van der Waals surface area contributed by atoms with Gasteiger partial charge in [0.25, 0.3) is 0 Å². The molecule has 0 aromatic heterocycles. The van der Waals surface area contributed by atoms with Crippen LogP contribution in [0.4, 0.5) is 4.20 Å². The van der Waals surface area contributed by atoms with E-state index in [0.717, 1.165) is 16.7 Å². The molecule has 3 rings (SSSR count). The van der Waals surface area contributed by atoms with Crippen LogP contribution in [0.25, 0.3) is 0 Å². The number of fused-ring (bicyclic) bond motifs is 2. The van der Waals surface area contributed by atoms with Crippen molar-refractivity contribution in [1.29, 1.82) is 0 Å². The first-order chi connectivity index (χ1) is 15.2. The molecular weight excluding hydrogens is 442 g/mol. The average Bonchev–Trinajstić information content (AvgIpc) is 2.63. The van der Waals surface area contributed by atoms with Crippen LogP contribution in [0, 0.1) is 16.7 Å². The molecule has 4 unspecified atom stereocenters. The predicted octanol–water partition coefficient (Wildman–Crippen LogP) is 9.93. The molecule has 4 heteroatoms. The van der Waals surface area contributed by atoms with Gasteiger partial charge in [0.1, 0.15) is 5.75 Å². The molecule has 2 aliphatic rings. The van der Waals surface area contributed by atoms with Crippen LogP contribution >= 0.6 is 8.69 Å². The summed E-state index contributed by atoms with van der Waals surface area (Å²) in [5.74, 6) is 0.813. The summed E-state index contributed by atoms with van der Waals surface area (Å²) in [5.41, 5.74) is 5.49. The fourth-order valence-corrected chi connectivity index (χ4v) is 5.74. The molecule has 0 amide bonds. The number of benzene rings is 1. The minimum atomic E-state index is -2.57. The molecule has 1 aliphatic heterocycles. The van der Waals surface area contributed by atoms with E-state index in [2.05, 4.69) is 114 Å². The van der Waals surface area contributed by atoms with Crippen molar-refractivity contribution in [3.8, 4) is 5.75 Å². The summed E-state index contributed by atoms with van der Waals surface area (Å²) >= 11 is 0. The number of halogens is 1. The Kier molecular flexibility index (Phi) is 7.04. The molecular formula is C30H46FO2P. The van der Waals surface area contributed by atoms with Gasteiger partial charge in [0, 0.05) is 11.5 Å². The van der Waals surface area contributed by atoms with Crippen molar-refractivity contribution in [3.05, 3.63) is 52.1 Å². The van der Waals surface area contributed by atoms with Crippen molar-refractivity contribution >= 4 is 8.69 Å². The molecule has 1 aliphatic carbocycles. The van der Waals surface area contributed by atoms with Crippen LogP contribution in [-0.4, -0.2) is 6.10 Å². The lowest BCUT2D eigenvalue weighted by Gasteiger charge is -2.43. The molecule has 1 aromatic rings. The van der Waals surface area contributed by atoms with Crippen molar-refractivity contribution in [2.75, 3.05) is 0 Å². The smallest absolute Gasteiger partial charge is 0.423 e. The first kappa shape index (κ1) is 27.4. The Morgan fingerprint density at radius 3 is 1.85 bits per heavy atom. The highest BCUT2D eigenvalue weighted by molar-refractivity contribution is 7.41. The van der Waals surface area contributed by atoms with Crippen molar-refractivity contribution in [3.63, 3.8) is 0 Å². The summed E-state index contributed by atoms with van der Waals surface area (Å²) < 4.78 is 27.8.